The van der Waals surface area contributed by atoms with Crippen molar-refractivity contribution in [2.24, 2.45) is 11.7 Å². The summed E-state index contributed by atoms with van der Waals surface area (Å²) >= 11 is 0. The van der Waals surface area contributed by atoms with Crippen molar-refractivity contribution in [3.63, 3.8) is 0 Å². The standard InChI is InChI=1S/C10H20N2O3S.ClH/c1-3-8(2)9(11)10(13)12-4-6-16(14,15)7-5-12;/h8-9H,3-7,11H2,1-2H3;1H. The topological polar surface area (TPSA) is 80.5 Å². The van der Waals surface area contributed by atoms with E-state index in [4.69, 9.17) is 5.73 Å². The van der Waals surface area contributed by atoms with Crippen LogP contribution in [0.15, 0.2) is 0 Å². The number of rotatable bonds is 3. The Hall–Kier alpha value is -0.330. The predicted octanol–water partition coefficient (Wildman–Crippen LogP) is 0.0386. The third kappa shape index (κ3) is 4.44. The van der Waals surface area contributed by atoms with Crippen molar-refractivity contribution >= 4 is 28.2 Å². The lowest BCUT2D eigenvalue weighted by Gasteiger charge is -2.30. The van der Waals surface area contributed by atoms with Crippen LogP contribution in [0.5, 0.6) is 0 Å². The van der Waals surface area contributed by atoms with Crippen LogP contribution in [-0.4, -0.2) is 49.9 Å². The fourth-order valence-electron chi connectivity index (χ4n) is 1.64. The summed E-state index contributed by atoms with van der Waals surface area (Å²) in [5.74, 6) is 0.132. The first-order valence-corrected chi connectivity index (χ1v) is 7.44. The van der Waals surface area contributed by atoms with Crippen LogP contribution in [0.4, 0.5) is 0 Å². The monoisotopic (exact) mass is 284 g/mol. The lowest BCUT2D eigenvalue weighted by atomic mass is 9.99. The molecule has 0 aromatic carbocycles. The molecule has 0 saturated carbocycles. The molecule has 1 amide bonds. The molecule has 0 aliphatic carbocycles. The van der Waals surface area contributed by atoms with E-state index < -0.39 is 15.9 Å². The molecule has 5 nitrogen and oxygen atoms in total. The van der Waals surface area contributed by atoms with E-state index >= 15 is 0 Å². The number of nitrogens with two attached hydrogens (primary N) is 1. The smallest absolute Gasteiger partial charge is 0.239 e. The van der Waals surface area contributed by atoms with Gasteiger partial charge in [0.05, 0.1) is 17.5 Å². The molecule has 1 saturated heterocycles. The summed E-state index contributed by atoms with van der Waals surface area (Å²) in [5, 5.41) is 0. The number of hydrogen-bond acceptors (Lipinski definition) is 4. The zero-order chi connectivity index (χ0) is 12.3. The Morgan fingerprint density at radius 3 is 2.24 bits per heavy atom. The molecule has 1 aliphatic rings. The fourth-order valence-corrected chi connectivity index (χ4v) is 2.84. The van der Waals surface area contributed by atoms with Gasteiger partial charge >= 0.3 is 0 Å². The van der Waals surface area contributed by atoms with Crippen LogP contribution in [0, 0.1) is 5.92 Å². The van der Waals surface area contributed by atoms with Gasteiger partial charge in [0.15, 0.2) is 9.84 Å². The summed E-state index contributed by atoms with van der Waals surface area (Å²) < 4.78 is 22.4. The molecule has 2 N–H and O–H groups in total. The molecule has 1 heterocycles. The summed E-state index contributed by atoms with van der Waals surface area (Å²) in [7, 11) is -2.94. The molecule has 17 heavy (non-hydrogen) atoms. The van der Waals surface area contributed by atoms with E-state index in [1.54, 1.807) is 4.90 Å². The Morgan fingerprint density at radius 2 is 1.82 bits per heavy atom. The van der Waals surface area contributed by atoms with Gasteiger partial charge in [0.2, 0.25) is 5.91 Å². The van der Waals surface area contributed by atoms with Crippen molar-refractivity contribution in [2.75, 3.05) is 24.6 Å². The van der Waals surface area contributed by atoms with Gasteiger partial charge in [0.1, 0.15) is 0 Å². The van der Waals surface area contributed by atoms with Crippen molar-refractivity contribution < 1.29 is 13.2 Å². The summed E-state index contributed by atoms with van der Waals surface area (Å²) in [6.45, 7) is 4.48. The van der Waals surface area contributed by atoms with Crippen LogP contribution >= 0.6 is 12.4 Å². The lowest BCUT2D eigenvalue weighted by Crippen LogP contribution is -2.52. The lowest BCUT2D eigenvalue weighted by molar-refractivity contribution is -0.133. The molecule has 0 aromatic heterocycles. The second kappa shape index (κ2) is 6.56. The number of hydrogen-bond donors (Lipinski definition) is 1. The van der Waals surface area contributed by atoms with Gasteiger partial charge in [-0.05, 0) is 5.92 Å². The Balaban J connectivity index is 0.00000256. The molecule has 2 unspecified atom stereocenters. The Bertz CT molecular complexity index is 345. The number of halogens is 1. The highest BCUT2D eigenvalue weighted by molar-refractivity contribution is 7.91. The van der Waals surface area contributed by atoms with Gasteiger partial charge in [-0.25, -0.2) is 8.42 Å². The summed E-state index contributed by atoms with van der Waals surface area (Å²) in [4.78, 5) is 13.5. The van der Waals surface area contributed by atoms with Gasteiger partial charge < -0.3 is 10.6 Å². The maximum absolute atomic E-state index is 11.9. The van der Waals surface area contributed by atoms with Gasteiger partial charge in [-0.2, -0.15) is 0 Å². The first-order valence-electron chi connectivity index (χ1n) is 5.62. The SMILES string of the molecule is CCC(C)C(N)C(=O)N1CCS(=O)(=O)CC1.Cl. The molecular weight excluding hydrogens is 264 g/mol. The van der Waals surface area contributed by atoms with Crippen molar-refractivity contribution in [1.82, 2.24) is 4.90 Å². The van der Waals surface area contributed by atoms with Crippen LogP contribution in [-0.2, 0) is 14.6 Å². The molecule has 1 aliphatic heterocycles. The van der Waals surface area contributed by atoms with Crippen molar-refractivity contribution in [3.8, 4) is 0 Å². The van der Waals surface area contributed by atoms with Crippen LogP contribution in [0.1, 0.15) is 20.3 Å². The number of carbonyl (C=O) groups excluding carboxylic acids is 1. The number of sulfone groups is 1. The third-order valence-electron chi connectivity index (χ3n) is 3.20. The van der Waals surface area contributed by atoms with Crippen molar-refractivity contribution in [1.29, 1.82) is 0 Å². The molecule has 0 radical (unpaired) electrons. The largest absolute Gasteiger partial charge is 0.339 e. The molecule has 0 spiro atoms. The highest BCUT2D eigenvalue weighted by Crippen LogP contribution is 2.11. The van der Waals surface area contributed by atoms with Gasteiger partial charge in [-0.3, -0.25) is 4.79 Å². The summed E-state index contributed by atoms with van der Waals surface area (Å²) in [6, 6.07) is -0.509. The quantitative estimate of drug-likeness (QED) is 0.793. The van der Waals surface area contributed by atoms with E-state index in [1.165, 1.54) is 0 Å². The van der Waals surface area contributed by atoms with E-state index in [2.05, 4.69) is 0 Å². The van der Waals surface area contributed by atoms with Gasteiger partial charge in [-0.15, -0.1) is 12.4 Å². The minimum atomic E-state index is -2.94. The molecule has 2 atom stereocenters. The van der Waals surface area contributed by atoms with E-state index in [-0.39, 0.29) is 48.8 Å². The molecule has 1 fully saturated rings. The van der Waals surface area contributed by atoms with Gasteiger partial charge in [0.25, 0.3) is 0 Å². The second-order valence-electron chi connectivity index (χ2n) is 4.39. The zero-order valence-corrected chi connectivity index (χ0v) is 11.9. The number of nitrogens with zero attached hydrogens (tertiary/aromatic N) is 1. The summed E-state index contributed by atoms with van der Waals surface area (Å²) in [5.41, 5.74) is 5.83. The Morgan fingerprint density at radius 1 is 1.35 bits per heavy atom. The fraction of sp³-hybridized carbons (Fsp3) is 0.900. The molecule has 0 bridgehead atoms. The normalized spacial score (nSPS) is 22.4. The minimum Gasteiger partial charge on any atom is -0.339 e. The third-order valence-corrected chi connectivity index (χ3v) is 4.81. The minimum absolute atomic E-state index is 0. The number of amides is 1. The average molecular weight is 285 g/mol. The van der Waals surface area contributed by atoms with E-state index in [1.807, 2.05) is 13.8 Å². The highest BCUT2D eigenvalue weighted by atomic mass is 35.5. The molecule has 1 rings (SSSR count). The molecule has 0 aromatic rings. The van der Waals surface area contributed by atoms with Crippen LogP contribution in [0.2, 0.25) is 0 Å². The molecular formula is C10H21ClN2O3S. The predicted molar refractivity (Wildman–Crippen MR) is 69.9 cm³/mol. The maximum Gasteiger partial charge on any atom is 0.239 e. The number of carbonyl (C=O) groups is 1. The van der Waals surface area contributed by atoms with Crippen LogP contribution < -0.4 is 5.73 Å². The Labute approximate surface area is 109 Å². The second-order valence-corrected chi connectivity index (χ2v) is 6.69. The van der Waals surface area contributed by atoms with Crippen LogP contribution in [0.3, 0.4) is 0 Å². The van der Waals surface area contributed by atoms with E-state index in [9.17, 15) is 13.2 Å². The van der Waals surface area contributed by atoms with Crippen LogP contribution in [0.25, 0.3) is 0 Å². The van der Waals surface area contributed by atoms with E-state index in [0.717, 1.165) is 6.42 Å². The van der Waals surface area contributed by atoms with Crippen molar-refractivity contribution in [2.45, 2.75) is 26.3 Å². The highest BCUT2D eigenvalue weighted by Gasteiger charge is 2.29. The first kappa shape index (κ1) is 16.7. The zero-order valence-electron chi connectivity index (χ0n) is 10.3. The van der Waals surface area contributed by atoms with E-state index in [0.29, 0.717) is 0 Å². The van der Waals surface area contributed by atoms with Gasteiger partial charge in [-0.1, -0.05) is 20.3 Å². The average Bonchev–Trinajstić information content (AvgIpc) is 2.26. The van der Waals surface area contributed by atoms with Gasteiger partial charge in [0, 0.05) is 13.1 Å². The maximum atomic E-state index is 11.9. The molecule has 7 heteroatoms. The molecule has 102 valence electrons. The first-order chi connectivity index (χ1) is 7.37. The summed E-state index contributed by atoms with van der Waals surface area (Å²) in [6.07, 6.45) is 0.846. The Kier molecular flexibility index (Phi) is 6.43. The van der Waals surface area contributed by atoms with Crippen molar-refractivity contribution in [3.05, 3.63) is 0 Å².